The summed E-state index contributed by atoms with van der Waals surface area (Å²) in [6.07, 6.45) is 1.64. The van der Waals surface area contributed by atoms with Gasteiger partial charge in [0.25, 0.3) is 5.91 Å². The molecule has 8 heteroatoms. The molecule has 1 saturated heterocycles. The van der Waals surface area contributed by atoms with E-state index in [0.717, 1.165) is 12.8 Å². The van der Waals surface area contributed by atoms with Crippen LogP contribution in [0.15, 0.2) is 0 Å². The summed E-state index contributed by atoms with van der Waals surface area (Å²) in [7, 11) is 0. The van der Waals surface area contributed by atoms with E-state index in [9.17, 15) is 19.8 Å². The highest BCUT2D eigenvalue weighted by molar-refractivity contribution is 5.87. The minimum absolute atomic E-state index is 0.0124. The van der Waals surface area contributed by atoms with E-state index in [1.807, 2.05) is 0 Å². The number of carbonyl (C=O) groups excluding carboxylic acids is 2. The summed E-state index contributed by atoms with van der Waals surface area (Å²) in [5, 5.41) is 24.7. The molecule has 5 unspecified atom stereocenters. The molecule has 5 atom stereocenters. The van der Waals surface area contributed by atoms with Crippen LogP contribution in [0, 0.1) is 22.7 Å². The third kappa shape index (κ3) is 3.60. The van der Waals surface area contributed by atoms with E-state index in [-0.39, 0.29) is 35.0 Å². The van der Waals surface area contributed by atoms with Crippen molar-refractivity contribution in [1.82, 2.24) is 15.8 Å². The van der Waals surface area contributed by atoms with E-state index in [4.69, 9.17) is 4.74 Å². The Morgan fingerprint density at radius 2 is 1.93 bits per heavy atom. The Morgan fingerprint density at radius 3 is 2.48 bits per heavy atom. The fourth-order valence-electron chi connectivity index (χ4n) is 5.36. The Morgan fingerprint density at radius 1 is 1.26 bits per heavy atom. The number of aliphatic hydroxyl groups is 2. The molecule has 0 aromatic rings. The Labute approximate surface area is 160 Å². The van der Waals surface area contributed by atoms with Gasteiger partial charge in [0.15, 0.2) is 0 Å². The van der Waals surface area contributed by atoms with Crippen LogP contribution in [0.1, 0.15) is 40.0 Å². The Kier molecular flexibility index (Phi) is 5.82. The molecule has 27 heavy (non-hydrogen) atoms. The number of rotatable bonds is 6. The summed E-state index contributed by atoms with van der Waals surface area (Å²) in [5.74, 6) is -0.561. The number of morpholine rings is 1. The lowest BCUT2D eigenvalue weighted by molar-refractivity contribution is -0.135. The Bertz CT molecular complexity index is 578. The maximum Gasteiger partial charge on any atom is 0.259 e. The molecule has 8 nitrogen and oxygen atoms in total. The SMILES string of the molecule is CC1(C)C2CCC1(C)C(O)C2CC(=O)NC(CO)C(=O)NN1CCOCC1. The van der Waals surface area contributed by atoms with Gasteiger partial charge < -0.3 is 20.3 Å². The summed E-state index contributed by atoms with van der Waals surface area (Å²) in [6.45, 7) is 8.21. The van der Waals surface area contributed by atoms with Crippen molar-refractivity contribution in [1.29, 1.82) is 0 Å². The van der Waals surface area contributed by atoms with Gasteiger partial charge in [-0.1, -0.05) is 20.8 Å². The van der Waals surface area contributed by atoms with E-state index in [1.165, 1.54) is 0 Å². The van der Waals surface area contributed by atoms with Crippen LogP contribution in [0.2, 0.25) is 0 Å². The predicted octanol–water partition coefficient (Wildman–Crippen LogP) is -0.350. The van der Waals surface area contributed by atoms with Crippen molar-refractivity contribution in [3.8, 4) is 0 Å². The molecule has 0 radical (unpaired) electrons. The number of ether oxygens (including phenoxy) is 1. The highest BCUT2D eigenvalue weighted by Crippen LogP contribution is 2.68. The van der Waals surface area contributed by atoms with Crippen LogP contribution < -0.4 is 10.7 Å². The van der Waals surface area contributed by atoms with Crippen LogP contribution in [-0.2, 0) is 14.3 Å². The second-order valence-electron chi connectivity index (χ2n) is 8.98. The highest BCUT2D eigenvalue weighted by Gasteiger charge is 2.65. The van der Waals surface area contributed by atoms with Crippen molar-refractivity contribution in [3.05, 3.63) is 0 Å². The average molecular weight is 383 g/mol. The number of carbonyl (C=O) groups is 2. The zero-order chi connectivity index (χ0) is 19.8. The van der Waals surface area contributed by atoms with Crippen molar-refractivity contribution in [3.63, 3.8) is 0 Å². The number of amides is 2. The van der Waals surface area contributed by atoms with Gasteiger partial charge in [0, 0.05) is 19.5 Å². The van der Waals surface area contributed by atoms with Gasteiger partial charge in [0.05, 0.1) is 25.9 Å². The second-order valence-corrected chi connectivity index (χ2v) is 8.98. The molecule has 154 valence electrons. The molecular weight excluding hydrogens is 350 g/mol. The lowest BCUT2D eigenvalue weighted by Crippen LogP contribution is -2.56. The maximum absolute atomic E-state index is 12.6. The number of aliphatic hydroxyl groups excluding tert-OH is 2. The van der Waals surface area contributed by atoms with Crippen molar-refractivity contribution < 1.29 is 24.5 Å². The number of hydrogen-bond donors (Lipinski definition) is 4. The number of nitrogens with one attached hydrogen (secondary N) is 2. The van der Waals surface area contributed by atoms with Gasteiger partial charge >= 0.3 is 0 Å². The number of hydrazine groups is 1. The van der Waals surface area contributed by atoms with Crippen molar-refractivity contribution in [2.75, 3.05) is 32.9 Å². The minimum atomic E-state index is -1.00. The molecule has 3 rings (SSSR count). The van der Waals surface area contributed by atoms with Gasteiger partial charge in [-0.05, 0) is 35.5 Å². The first-order valence-electron chi connectivity index (χ1n) is 9.92. The number of nitrogens with zero attached hydrogens (tertiary/aromatic N) is 1. The molecule has 2 bridgehead atoms. The van der Waals surface area contributed by atoms with Crippen LogP contribution in [0.4, 0.5) is 0 Å². The molecule has 1 heterocycles. The third-order valence-electron chi connectivity index (χ3n) is 7.48. The van der Waals surface area contributed by atoms with Gasteiger partial charge in [0.2, 0.25) is 5.91 Å². The molecule has 1 aliphatic heterocycles. The monoisotopic (exact) mass is 383 g/mol. The maximum atomic E-state index is 12.6. The largest absolute Gasteiger partial charge is 0.394 e. The standard InChI is InChI=1S/C19H33N3O5/c1-18(2)13-4-5-19(18,3)16(25)12(13)10-15(24)20-14(11-23)17(26)21-22-6-8-27-9-7-22/h12-14,16,23,25H,4-11H2,1-3H3,(H,20,24)(H,21,26). The summed E-state index contributed by atoms with van der Waals surface area (Å²) < 4.78 is 5.23. The molecule has 4 N–H and O–H groups in total. The van der Waals surface area contributed by atoms with E-state index in [1.54, 1.807) is 5.01 Å². The van der Waals surface area contributed by atoms with E-state index in [0.29, 0.717) is 26.3 Å². The molecular formula is C19H33N3O5. The summed E-state index contributed by atoms with van der Waals surface area (Å²) in [5.41, 5.74) is 2.53. The smallest absolute Gasteiger partial charge is 0.259 e. The number of fused-ring (bicyclic) bond motifs is 2. The van der Waals surface area contributed by atoms with Crippen molar-refractivity contribution >= 4 is 11.8 Å². The van der Waals surface area contributed by atoms with Crippen molar-refractivity contribution in [2.24, 2.45) is 22.7 Å². The Hall–Kier alpha value is -1.22. The molecule has 2 saturated carbocycles. The zero-order valence-electron chi connectivity index (χ0n) is 16.5. The summed E-state index contributed by atoms with van der Waals surface area (Å²) in [6, 6.07) is -1.00. The first kappa shape index (κ1) is 20.5. The quantitative estimate of drug-likeness (QED) is 0.499. The van der Waals surface area contributed by atoms with Crippen LogP contribution in [0.3, 0.4) is 0 Å². The van der Waals surface area contributed by atoms with Crippen LogP contribution in [0.5, 0.6) is 0 Å². The third-order valence-corrected chi connectivity index (χ3v) is 7.48. The lowest BCUT2D eigenvalue weighted by Gasteiger charge is -2.37. The lowest BCUT2D eigenvalue weighted by atomic mass is 9.70. The minimum Gasteiger partial charge on any atom is -0.394 e. The molecule has 3 fully saturated rings. The van der Waals surface area contributed by atoms with Crippen LogP contribution in [0.25, 0.3) is 0 Å². The summed E-state index contributed by atoms with van der Waals surface area (Å²) >= 11 is 0. The zero-order valence-corrected chi connectivity index (χ0v) is 16.5. The molecule has 0 spiro atoms. The topological polar surface area (TPSA) is 111 Å². The van der Waals surface area contributed by atoms with Gasteiger partial charge in [-0.3, -0.25) is 15.0 Å². The Balaban J connectivity index is 1.55. The highest BCUT2D eigenvalue weighted by atomic mass is 16.5. The van der Waals surface area contributed by atoms with Crippen LogP contribution >= 0.6 is 0 Å². The normalized spacial score (nSPS) is 36.4. The average Bonchev–Trinajstić information content (AvgIpc) is 2.94. The van der Waals surface area contributed by atoms with E-state index in [2.05, 4.69) is 31.5 Å². The molecule has 2 amide bonds. The molecule has 0 aromatic heterocycles. The van der Waals surface area contributed by atoms with Crippen molar-refractivity contribution in [2.45, 2.75) is 52.2 Å². The first-order valence-corrected chi connectivity index (χ1v) is 9.92. The van der Waals surface area contributed by atoms with E-state index < -0.39 is 24.7 Å². The van der Waals surface area contributed by atoms with Gasteiger partial charge in [-0.15, -0.1) is 0 Å². The first-order chi connectivity index (χ1) is 12.7. The fraction of sp³-hybridized carbons (Fsp3) is 0.895. The molecule has 3 aliphatic rings. The summed E-state index contributed by atoms with van der Waals surface area (Å²) in [4.78, 5) is 24.9. The van der Waals surface area contributed by atoms with Crippen LogP contribution in [-0.4, -0.2) is 72.1 Å². The number of hydrogen-bond acceptors (Lipinski definition) is 6. The fourth-order valence-corrected chi connectivity index (χ4v) is 5.36. The van der Waals surface area contributed by atoms with Gasteiger partial charge in [-0.25, -0.2) is 5.01 Å². The van der Waals surface area contributed by atoms with Gasteiger partial charge in [0.1, 0.15) is 6.04 Å². The molecule has 0 aromatic carbocycles. The predicted molar refractivity (Wildman–Crippen MR) is 98.3 cm³/mol. The molecule has 2 aliphatic carbocycles. The van der Waals surface area contributed by atoms with Gasteiger partial charge in [-0.2, -0.15) is 0 Å². The van der Waals surface area contributed by atoms with E-state index >= 15 is 0 Å². The second kappa shape index (κ2) is 7.66.